The second-order valence-corrected chi connectivity index (χ2v) is 5.42. The highest BCUT2D eigenvalue weighted by Crippen LogP contribution is 2.28. The summed E-state index contributed by atoms with van der Waals surface area (Å²) in [4.78, 5) is 10.2. The number of hydrogen-bond acceptors (Lipinski definition) is 4. The molecule has 0 bridgehead atoms. The van der Waals surface area contributed by atoms with Crippen LogP contribution in [0.5, 0.6) is 0 Å². The first-order chi connectivity index (χ1) is 8.78. The molecular formula is C14H13N3S. The van der Waals surface area contributed by atoms with Crippen molar-refractivity contribution >= 4 is 22.2 Å². The van der Waals surface area contributed by atoms with Gasteiger partial charge in [0.2, 0.25) is 0 Å². The van der Waals surface area contributed by atoms with Crippen molar-refractivity contribution in [3.63, 3.8) is 0 Å². The maximum atomic E-state index is 5.63. The smallest absolute Gasteiger partial charge is 0.107 e. The third-order valence-corrected chi connectivity index (χ3v) is 3.87. The minimum Gasteiger partial charge on any atom is -0.325 e. The number of aromatic nitrogens is 2. The standard InChI is InChI=1S/C14H13N3S/c1-9-14(17-13(7-15)18-9)11-6-10-4-2-3-5-12(10)16-8-11/h2-6,8H,7,15H2,1H3. The van der Waals surface area contributed by atoms with E-state index in [1.54, 1.807) is 11.3 Å². The van der Waals surface area contributed by atoms with Gasteiger partial charge < -0.3 is 5.73 Å². The SMILES string of the molecule is Cc1sc(CN)nc1-c1cnc2ccccc2c1. The number of benzene rings is 1. The number of para-hydroxylation sites is 1. The van der Waals surface area contributed by atoms with Crippen LogP contribution in [0.3, 0.4) is 0 Å². The van der Waals surface area contributed by atoms with E-state index in [0.717, 1.165) is 27.2 Å². The van der Waals surface area contributed by atoms with E-state index in [4.69, 9.17) is 5.73 Å². The van der Waals surface area contributed by atoms with Crippen LogP contribution in [0.25, 0.3) is 22.2 Å². The summed E-state index contributed by atoms with van der Waals surface area (Å²) in [6, 6.07) is 10.2. The Labute approximate surface area is 109 Å². The van der Waals surface area contributed by atoms with Gasteiger partial charge in [0.25, 0.3) is 0 Å². The van der Waals surface area contributed by atoms with Crippen molar-refractivity contribution in [1.29, 1.82) is 0 Å². The molecule has 0 saturated heterocycles. The molecule has 0 unspecified atom stereocenters. The van der Waals surface area contributed by atoms with E-state index >= 15 is 0 Å². The Kier molecular flexibility index (Phi) is 2.81. The van der Waals surface area contributed by atoms with Gasteiger partial charge in [0.05, 0.1) is 11.2 Å². The van der Waals surface area contributed by atoms with E-state index in [0.29, 0.717) is 6.54 Å². The summed E-state index contributed by atoms with van der Waals surface area (Å²) in [5, 5.41) is 2.10. The van der Waals surface area contributed by atoms with Crippen LogP contribution in [0.15, 0.2) is 36.5 Å². The van der Waals surface area contributed by atoms with E-state index in [1.165, 1.54) is 4.88 Å². The molecule has 2 aromatic heterocycles. The summed E-state index contributed by atoms with van der Waals surface area (Å²) in [5.74, 6) is 0. The van der Waals surface area contributed by atoms with Crippen molar-refractivity contribution in [3.05, 3.63) is 46.4 Å². The fraction of sp³-hybridized carbons (Fsp3) is 0.143. The van der Waals surface area contributed by atoms with Crippen LogP contribution in [0.2, 0.25) is 0 Å². The number of rotatable bonds is 2. The van der Waals surface area contributed by atoms with Gasteiger partial charge >= 0.3 is 0 Å². The minimum absolute atomic E-state index is 0.493. The van der Waals surface area contributed by atoms with Crippen LogP contribution in [0, 0.1) is 6.92 Å². The highest BCUT2D eigenvalue weighted by molar-refractivity contribution is 7.12. The van der Waals surface area contributed by atoms with Gasteiger partial charge in [-0.3, -0.25) is 4.98 Å². The average Bonchev–Trinajstić information content (AvgIpc) is 2.79. The van der Waals surface area contributed by atoms with E-state index < -0.39 is 0 Å². The molecule has 0 fully saturated rings. The molecule has 3 rings (SSSR count). The fourth-order valence-electron chi connectivity index (χ4n) is 2.01. The third kappa shape index (κ3) is 1.89. The molecule has 0 radical (unpaired) electrons. The first-order valence-electron chi connectivity index (χ1n) is 5.79. The van der Waals surface area contributed by atoms with E-state index in [1.807, 2.05) is 24.4 Å². The Hall–Kier alpha value is -1.78. The Morgan fingerprint density at radius 2 is 2.11 bits per heavy atom. The molecule has 4 heteroatoms. The molecule has 18 heavy (non-hydrogen) atoms. The zero-order valence-corrected chi connectivity index (χ0v) is 10.9. The third-order valence-electron chi connectivity index (χ3n) is 2.88. The number of fused-ring (bicyclic) bond motifs is 1. The number of nitrogens with zero attached hydrogens (tertiary/aromatic N) is 2. The van der Waals surface area contributed by atoms with Gasteiger partial charge in [-0.25, -0.2) is 4.98 Å². The summed E-state index contributed by atoms with van der Waals surface area (Å²) >= 11 is 1.65. The monoisotopic (exact) mass is 255 g/mol. The maximum Gasteiger partial charge on any atom is 0.107 e. The number of nitrogens with two attached hydrogens (primary N) is 1. The quantitative estimate of drug-likeness (QED) is 0.765. The molecule has 0 aliphatic heterocycles. The van der Waals surface area contributed by atoms with Gasteiger partial charge in [-0.2, -0.15) is 0 Å². The summed E-state index contributed by atoms with van der Waals surface area (Å²) < 4.78 is 0. The highest BCUT2D eigenvalue weighted by Gasteiger charge is 2.09. The van der Waals surface area contributed by atoms with Crippen molar-refractivity contribution in [2.75, 3.05) is 0 Å². The Morgan fingerprint density at radius 3 is 2.89 bits per heavy atom. The Bertz CT molecular complexity index is 703. The van der Waals surface area contributed by atoms with Crippen molar-refractivity contribution in [2.45, 2.75) is 13.5 Å². The second-order valence-electron chi connectivity index (χ2n) is 4.13. The minimum atomic E-state index is 0.493. The zero-order valence-electron chi connectivity index (χ0n) is 10.1. The van der Waals surface area contributed by atoms with Crippen LogP contribution >= 0.6 is 11.3 Å². The van der Waals surface area contributed by atoms with E-state index in [9.17, 15) is 0 Å². The molecule has 0 aliphatic rings. The van der Waals surface area contributed by atoms with Crippen molar-refractivity contribution in [1.82, 2.24) is 9.97 Å². The Morgan fingerprint density at radius 1 is 1.28 bits per heavy atom. The lowest BCUT2D eigenvalue weighted by atomic mass is 10.1. The van der Waals surface area contributed by atoms with Gasteiger partial charge in [0.1, 0.15) is 5.01 Å². The van der Waals surface area contributed by atoms with Crippen LogP contribution < -0.4 is 5.73 Å². The van der Waals surface area contributed by atoms with Gasteiger partial charge in [-0.05, 0) is 19.1 Å². The molecule has 3 aromatic rings. The molecule has 0 atom stereocenters. The number of pyridine rings is 1. The normalized spacial score (nSPS) is 11.0. The lowest BCUT2D eigenvalue weighted by Crippen LogP contribution is -1.94. The molecular weight excluding hydrogens is 242 g/mol. The summed E-state index contributed by atoms with van der Waals surface area (Å²) in [6.45, 7) is 2.56. The first-order valence-corrected chi connectivity index (χ1v) is 6.61. The molecule has 2 heterocycles. The summed E-state index contributed by atoms with van der Waals surface area (Å²) in [6.07, 6.45) is 1.88. The second kappa shape index (κ2) is 4.48. The molecule has 3 nitrogen and oxygen atoms in total. The van der Waals surface area contributed by atoms with Crippen LogP contribution in [-0.4, -0.2) is 9.97 Å². The summed E-state index contributed by atoms with van der Waals surface area (Å²) in [5.41, 5.74) is 8.70. The Balaban J connectivity index is 2.15. The van der Waals surface area contributed by atoms with Crippen molar-refractivity contribution in [2.24, 2.45) is 5.73 Å². The summed E-state index contributed by atoms with van der Waals surface area (Å²) in [7, 11) is 0. The van der Waals surface area contributed by atoms with Gasteiger partial charge in [-0.1, -0.05) is 18.2 Å². The highest BCUT2D eigenvalue weighted by atomic mass is 32.1. The van der Waals surface area contributed by atoms with Gasteiger partial charge in [0.15, 0.2) is 0 Å². The first kappa shape index (κ1) is 11.3. The predicted molar refractivity (Wildman–Crippen MR) is 75.5 cm³/mol. The fourth-order valence-corrected chi connectivity index (χ4v) is 2.84. The molecule has 0 aliphatic carbocycles. The van der Waals surface area contributed by atoms with Crippen LogP contribution in [0.1, 0.15) is 9.88 Å². The van der Waals surface area contributed by atoms with Gasteiger partial charge in [0, 0.05) is 28.6 Å². The number of aryl methyl sites for hydroxylation is 1. The number of hydrogen-bond donors (Lipinski definition) is 1. The van der Waals surface area contributed by atoms with E-state index in [-0.39, 0.29) is 0 Å². The lowest BCUT2D eigenvalue weighted by molar-refractivity contribution is 1.04. The van der Waals surface area contributed by atoms with Gasteiger partial charge in [-0.15, -0.1) is 11.3 Å². The maximum absolute atomic E-state index is 5.63. The van der Waals surface area contributed by atoms with Crippen molar-refractivity contribution < 1.29 is 0 Å². The topological polar surface area (TPSA) is 51.8 Å². The predicted octanol–water partition coefficient (Wildman–Crippen LogP) is 3.13. The largest absolute Gasteiger partial charge is 0.325 e. The molecule has 90 valence electrons. The number of thiazole rings is 1. The molecule has 0 spiro atoms. The average molecular weight is 255 g/mol. The van der Waals surface area contributed by atoms with Crippen LogP contribution in [-0.2, 0) is 6.54 Å². The van der Waals surface area contributed by atoms with Crippen molar-refractivity contribution in [3.8, 4) is 11.3 Å². The lowest BCUT2D eigenvalue weighted by Gasteiger charge is -2.01. The molecule has 0 saturated carbocycles. The van der Waals surface area contributed by atoms with Crippen LogP contribution in [0.4, 0.5) is 0 Å². The molecule has 0 amide bonds. The zero-order chi connectivity index (χ0) is 12.5. The molecule has 1 aromatic carbocycles. The molecule has 2 N–H and O–H groups in total. The van der Waals surface area contributed by atoms with E-state index in [2.05, 4.69) is 29.0 Å².